The van der Waals surface area contributed by atoms with Crippen LogP contribution in [0.3, 0.4) is 0 Å². The molecule has 5 N–H and O–H groups in total. The van der Waals surface area contributed by atoms with Gasteiger partial charge in [-0.3, -0.25) is 13.9 Å². The van der Waals surface area contributed by atoms with Gasteiger partial charge in [0.2, 0.25) is 5.91 Å². The molecule has 0 saturated carbocycles. The summed E-state index contributed by atoms with van der Waals surface area (Å²) in [5, 5.41) is 23.9. The fourth-order valence-corrected chi connectivity index (χ4v) is 7.64. The van der Waals surface area contributed by atoms with E-state index in [9.17, 15) is 33.9 Å². The third-order valence-corrected chi connectivity index (χ3v) is 10.3. The molecule has 0 aromatic heterocycles. The highest BCUT2D eigenvalue weighted by molar-refractivity contribution is 7.63. The molecule has 0 spiro atoms. The molecule has 1 fully saturated rings. The molecule has 41 heavy (non-hydrogen) atoms. The molecule has 2 aromatic carbocycles. The Bertz CT molecular complexity index is 1480. The van der Waals surface area contributed by atoms with Crippen LogP contribution in [0.2, 0.25) is 0 Å². The highest BCUT2D eigenvalue weighted by Gasteiger charge is 2.50. The molecule has 12 nitrogen and oxygen atoms in total. The second-order valence-corrected chi connectivity index (χ2v) is 13.7. The molecule has 0 aliphatic carbocycles. The van der Waals surface area contributed by atoms with Gasteiger partial charge in [0.1, 0.15) is 30.2 Å². The molecule has 3 heterocycles. The minimum Gasteiger partial charge on any atom is -0.466 e. The standard InChI is InChI=1S/C27H31NO11P2/c1-15-8-9-17(10-16(15)2)14-40(32,33)39-41(34,35)36-13-22-23(29)24(30)25(37-22)20-11-19-12-21(18-6-4-3-5-7-18)38-27(19)28-26(20)31/h3-12,20,22-25,27,29-30H,13-14H2,1-2H3,(H,28,31)(H,32,33)(H,34,35)/t20?,22-,23?,24+,25+,27?/m1/s1. The minimum absolute atomic E-state index is 0.431. The van der Waals surface area contributed by atoms with Crippen molar-refractivity contribution in [3.05, 3.63) is 88.5 Å². The maximum atomic E-state index is 12.9. The number of hydrogen-bond donors (Lipinski definition) is 5. The summed E-state index contributed by atoms with van der Waals surface area (Å²) >= 11 is 0. The molecular weight excluding hydrogens is 576 g/mol. The molecule has 14 heteroatoms. The Morgan fingerprint density at radius 3 is 2.44 bits per heavy atom. The Morgan fingerprint density at radius 2 is 1.73 bits per heavy atom. The molecule has 5 rings (SSSR count). The summed E-state index contributed by atoms with van der Waals surface area (Å²) in [7, 11) is -9.70. The number of aliphatic hydroxyl groups is 2. The van der Waals surface area contributed by atoms with E-state index in [0.29, 0.717) is 16.9 Å². The van der Waals surface area contributed by atoms with Crippen LogP contribution in [0.5, 0.6) is 0 Å². The number of aryl methyl sites for hydroxylation is 2. The predicted octanol–water partition coefficient (Wildman–Crippen LogP) is 2.68. The summed E-state index contributed by atoms with van der Waals surface area (Å²) in [5.41, 5.74) is 3.72. The molecule has 1 saturated heterocycles. The van der Waals surface area contributed by atoms with E-state index in [2.05, 4.69) is 9.63 Å². The lowest BCUT2D eigenvalue weighted by molar-refractivity contribution is -0.133. The number of ether oxygens (including phenoxy) is 2. The van der Waals surface area contributed by atoms with Gasteiger partial charge in [0.05, 0.1) is 18.7 Å². The van der Waals surface area contributed by atoms with Crippen LogP contribution < -0.4 is 5.32 Å². The lowest BCUT2D eigenvalue weighted by Gasteiger charge is -2.29. The number of nitrogens with one attached hydrogen (secondary N) is 1. The van der Waals surface area contributed by atoms with Gasteiger partial charge in [-0.25, -0.2) is 8.88 Å². The Morgan fingerprint density at radius 1 is 1.00 bits per heavy atom. The monoisotopic (exact) mass is 607 g/mol. The average molecular weight is 607 g/mol. The Kier molecular flexibility index (Phi) is 8.42. The quantitative estimate of drug-likeness (QED) is 0.265. The van der Waals surface area contributed by atoms with Gasteiger partial charge < -0.3 is 34.8 Å². The van der Waals surface area contributed by atoms with E-state index >= 15 is 0 Å². The Labute approximate surface area is 236 Å². The van der Waals surface area contributed by atoms with Gasteiger partial charge in [-0.2, -0.15) is 0 Å². The second-order valence-electron chi connectivity index (χ2n) is 10.3. The number of phosphoric acid groups is 1. The maximum absolute atomic E-state index is 12.9. The van der Waals surface area contributed by atoms with Crippen molar-refractivity contribution in [3.63, 3.8) is 0 Å². The molecular formula is C27H31NO11P2. The van der Waals surface area contributed by atoms with Gasteiger partial charge >= 0.3 is 15.4 Å². The second kappa shape index (κ2) is 11.6. The van der Waals surface area contributed by atoms with Crippen LogP contribution in [0.25, 0.3) is 5.76 Å². The lowest BCUT2D eigenvalue weighted by Crippen LogP contribution is -2.49. The lowest BCUT2D eigenvalue weighted by atomic mass is 9.90. The van der Waals surface area contributed by atoms with Crippen LogP contribution >= 0.6 is 15.4 Å². The molecule has 0 bridgehead atoms. The van der Waals surface area contributed by atoms with Gasteiger partial charge in [0, 0.05) is 11.1 Å². The highest BCUT2D eigenvalue weighted by Crippen LogP contribution is 2.61. The maximum Gasteiger partial charge on any atom is 0.479 e. The third-order valence-electron chi connectivity index (χ3n) is 7.19. The van der Waals surface area contributed by atoms with Crippen LogP contribution in [-0.4, -0.2) is 63.2 Å². The van der Waals surface area contributed by atoms with E-state index < -0.39 is 70.7 Å². The van der Waals surface area contributed by atoms with Crippen molar-refractivity contribution in [2.75, 3.05) is 6.61 Å². The van der Waals surface area contributed by atoms with Crippen LogP contribution in [0.15, 0.2) is 66.3 Å². The zero-order chi connectivity index (χ0) is 29.5. The van der Waals surface area contributed by atoms with Crippen molar-refractivity contribution >= 4 is 27.1 Å². The number of aliphatic hydroxyl groups excluding tert-OH is 2. The van der Waals surface area contributed by atoms with Crippen molar-refractivity contribution in [2.24, 2.45) is 5.92 Å². The topological polar surface area (TPSA) is 181 Å². The van der Waals surface area contributed by atoms with Crippen molar-refractivity contribution in [1.29, 1.82) is 0 Å². The zero-order valence-electron chi connectivity index (χ0n) is 22.2. The molecule has 2 aromatic rings. The molecule has 220 valence electrons. The van der Waals surface area contributed by atoms with E-state index in [1.54, 1.807) is 30.4 Å². The number of phosphoric ester groups is 1. The first kappa shape index (κ1) is 29.8. The number of carbonyl (C=O) groups is 1. The number of benzene rings is 2. The Hall–Kier alpha value is -2.63. The number of carbonyl (C=O) groups excluding carboxylic acids is 1. The fraction of sp³-hybridized carbons (Fsp3) is 0.370. The fourth-order valence-electron chi connectivity index (χ4n) is 4.94. The average Bonchev–Trinajstić information content (AvgIpc) is 3.44. The summed E-state index contributed by atoms with van der Waals surface area (Å²) in [4.78, 5) is 33.2. The summed E-state index contributed by atoms with van der Waals surface area (Å²) in [6.07, 6.45) is -3.58. The number of hydrogen-bond acceptors (Lipinski definition) is 9. The Balaban J connectivity index is 1.22. The first-order valence-electron chi connectivity index (χ1n) is 12.9. The van der Waals surface area contributed by atoms with Crippen molar-refractivity contribution in [3.8, 4) is 0 Å². The van der Waals surface area contributed by atoms with E-state index in [4.69, 9.17) is 14.0 Å². The predicted molar refractivity (Wildman–Crippen MR) is 146 cm³/mol. The van der Waals surface area contributed by atoms with Gasteiger partial charge in [-0.05, 0) is 36.6 Å². The van der Waals surface area contributed by atoms with Crippen LogP contribution in [-0.2, 0) is 38.4 Å². The molecule has 3 aliphatic heterocycles. The molecule has 1 amide bonds. The number of rotatable bonds is 9. The van der Waals surface area contributed by atoms with Gasteiger partial charge in [0.15, 0.2) is 6.23 Å². The summed E-state index contributed by atoms with van der Waals surface area (Å²) < 4.78 is 46.0. The van der Waals surface area contributed by atoms with Gasteiger partial charge in [0.25, 0.3) is 0 Å². The largest absolute Gasteiger partial charge is 0.479 e. The first-order chi connectivity index (χ1) is 19.3. The summed E-state index contributed by atoms with van der Waals surface area (Å²) in [6.45, 7) is 2.94. The molecule has 5 unspecified atom stereocenters. The van der Waals surface area contributed by atoms with Crippen LogP contribution in [0.4, 0.5) is 0 Å². The smallest absolute Gasteiger partial charge is 0.466 e. The van der Waals surface area contributed by atoms with Gasteiger partial charge in [-0.1, -0.05) is 54.6 Å². The number of fused-ring (bicyclic) bond motifs is 1. The van der Waals surface area contributed by atoms with Crippen molar-refractivity contribution in [1.82, 2.24) is 5.32 Å². The summed E-state index contributed by atoms with van der Waals surface area (Å²) in [5.74, 6) is -0.971. The highest BCUT2D eigenvalue weighted by atomic mass is 31.3. The molecule has 3 aliphatic rings. The number of amides is 1. The van der Waals surface area contributed by atoms with E-state index in [0.717, 1.165) is 16.7 Å². The van der Waals surface area contributed by atoms with E-state index in [-0.39, 0.29) is 0 Å². The van der Waals surface area contributed by atoms with E-state index in [1.165, 1.54) is 0 Å². The van der Waals surface area contributed by atoms with E-state index in [1.807, 2.05) is 44.2 Å². The van der Waals surface area contributed by atoms with Gasteiger partial charge in [-0.15, -0.1) is 0 Å². The SMILES string of the molecule is Cc1ccc(CP(=O)(O)OP(=O)(O)OC[C@H]2O[C@@H](C3C=C4C=C(c5ccccc5)OC4NC3=O)[C@@H](O)C2O)cc1C. The van der Waals surface area contributed by atoms with Crippen molar-refractivity contribution < 1.29 is 52.2 Å². The first-order valence-corrected chi connectivity index (χ1v) is 16.1. The zero-order valence-corrected chi connectivity index (χ0v) is 24.0. The van der Waals surface area contributed by atoms with Crippen molar-refractivity contribution in [2.45, 2.75) is 50.7 Å². The van der Waals surface area contributed by atoms with Crippen LogP contribution in [0, 0.1) is 19.8 Å². The normalized spacial score (nSPS) is 30.3. The minimum atomic E-state index is -5.09. The molecule has 8 atom stereocenters. The third kappa shape index (κ3) is 6.73. The molecule has 0 radical (unpaired) electrons. The van der Waals surface area contributed by atoms with Crippen LogP contribution in [0.1, 0.15) is 22.3 Å². The summed E-state index contributed by atoms with van der Waals surface area (Å²) in [6, 6.07) is 14.3.